The Balaban J connectivity index is 1.62. The van der Waals surface area contributed by atoms with Crippen LogP contribution in [0, 0.1) is 0 Å². The van der Waals surface area contributed by atoms with Gasteiger partial charge in [0.05, 0.1) is 13.2 Å². The summed E-state index contributed by atoms with van der Waals surface area (Å²) in [5.41, 5.74) is 4.60. The van der Waals surface area contributed by atoms with Crippen molar-refractivity contribution in [1.29, 1.82) is 0 Å². The van der Waals surface area contributed by atoms with Gasteiger partial charge in [0.15, 0.2) is 0 Å². The molecular formula is C21H24F2O2. The molecule has 134 valence electrons. The summed E-state index contributed by atoms with van der Waals surface area (Å²) < 4.78 is 34.6. The Morgan fingerprint density at radius 2 is 1.44 bits per heavy atom. The number of hydrogen-bond acceptors (Lipinski definition) is 2. The molecule has 3 rings (SSSR count). The van der Waals surface area contributed by atoms with Crippen LogP contribution in [-0.4, -0.2) is 19.5 Å². The van der Waals surface area contributed by atoms with E-state index in [2.05, 4.69) is 40.7 Å². The van der Waals surface area contributed by atoms with E-state index in [-0.39, 0.29) is 19.1 Å². The third kappa shape index (κ3) is 4.86. The van der Waals surface area contributed by atoms with Gasteiger partial charge in [-0.1, -0.05) is 68.3 Å². The van der Waals surface area contributed by atoms with Gasteiger partial charge < -0.3 is 0 Å². The largest absolute Gasteiger partial charge is 0.485 e. The van der Waals surface area contributed by atoms with Crippen molar-refractivity contribution in [3.8, 4) is 11.1 Å². The minimum absolute atomic E-state index is 0.0290. The number of hydrogen-bond donors (Lipinski definition) is 0. The van der Waals surface area contributed by atoms with Gasteiger partial charge in [-0.05, 0) is 35.1 Å². The molecule has 4 heteroatoms. The lowest BCUT2D eigenvalue weighted by Gasteiger charge is -2.28. The quantitative estimate of drug-likeness (QED) is 0.619. The summed E-state index contributed by atoms with van der Waals surface area (Å²) >= 11 is 0. The SMILES string of the molecule is CCCCCc1ccc(-c2ccc(C3COC(F)(F)OC3)cc2)cc1. The Kier molecular flexibility index (Phi) is 5.82. The summed E-state index contributed by atoms with van der Waals surface area (Å²) in [5.74, 6) is -0.158. The Morgan fingerprint density at radius 1 is 0.880 bits per heavy atom. The molecule has 1 aliphatic heterocycles. The first-order valence-electron chi connectivity index (χ1n) is 8.92. The van der Waals surface area contributed by atoms with Crippen LogP contribution < -0.4 is 0 Å². The van der Waals surface area contributed by atoms with Crippen molar-refractivity contribution in [1.82, 2.24) is 0 Å². The van der Waals surface area contributed by atoms with Crippen LogP contribution in [0.15, 0.2) is 48.5 Å². The van der Waals surface area contributed by atoms with Crippen molar-refractivity contribution in [2.24, 2.45) is 0 Å². The van der Waals surface area contributed by atoms with E-state index in [1.54, 1.807) is 0 Å². The fraction of sp³-hybridized carbons (Fsp3) is 0.429. The first kappa shape index (κ1) is 18.0. The normalized spacial score (nSPS) is 17.6. The van der Waals surface area contributed by atoms with Gasteiger partial charge in [-0.25, -0.2) is 0 Å². The molecule has 25 heavy (non-hydrogen) atoms. The number of alkyl halides is 2. The molecule has 0 saturated carbocycles. The van der Waals surface area contributed by atoms with E-state index in [4.69, 9.17) is 0 Å². The fourth-order valence-corrected chi connectivity index (χ4v) is 3.07. The smallest absolute Gasteiger partial charge is 0.295 e. The highest BCUT2D eigenvalue weighted by atomic mass is 19.3. The fourth-order valence-electron chi connectivity index (χ4n) is 3.07. The molecule has 0 bridgehead atoms. The minimum atomic E-state index is -3.45. The van der Waals surface area contributed by atoms with Crippen molar-refractivity contribution in [2.75, 3.05) is 13.2 Å². The van der Waals surface area contributed by atoms with E-state index in [1.807, 2.05) is 24.3 Å². The molecule has 0 N–H and O–H groups in total. The Morgan fingerprint density at radius 3 is 2.00 bits per heavy atom. The van der Waals surface area contributed by atoms with E-state index in [1.165, 1.54) is 24.8 Å². The monoisotopic (exact) mass is 346 g/mol. The van der Waals surface area contributed by atoms with Gasteiger partial charge in [0.2, 0.25) is 0 Å². The van der Waals surface area contributed by atoms with Crippen LogP contribution >= 0.6 is 0 Å². The van der Waals surface area contributed by atoms with E-state index in [9.17, 15) is 8.78 Å². The number of halogens is 2. The topological polar surface area (TPSA) is 18.5 Å². The molecule has 2 nitrogen and oxygen atoms in total. The maximum Gasteiger partial charge on any atom is 0.485 e. The summed E-state index contributed by atoms with van der Waals surface area (Å²) in [6.45, 7) is 2.15. The van der Waals surface area contributed by atoms with Crippen LogP contribution in [0.3, 0.4) is 0 Å². The van der Waals surface area contributed by atoms with Gasteiger partial charge in [0.25, 0.3) is 0 Å². The molecule has 2 aromatic carbocycles. The van der Waals surface area contributed by atoms with Gasteiger partial charge in [-0.2, -0.15) is 0 Å². The van der Waals surface area contributed by atoms with Crippen molar-refractivity contribution in [3.63, 3.8) is 0 Å². The zero-order chi connectivity index (χ0) is 17.7. The first-order valence-corrected chi connectivity index (χ1v) is 8.92. The van der Waals surface area contributed by atoms with Gasteiger partial charge in [0.1, 0.15) is 0 Å². The molecule has 0 amide bonds. The lowest BCUT2D eigenvalue weighted by Crippen LogP contribution is -2.36. The number of ether oxygens (including phenoxy) is 2. The highest BCUT2D eigenvalue weighted by molar-refractivity contribution is 5.64. The Labute approximate surface area is 147 Å². The van der Waals surface area contributed by atoms with Crippen molar-refractivity contribution >= 4 is 0 Å². The lowest BCUT2D eigenvalue weighted by molar-refractivity contribution is -0.414. The lowest BCUT2D eigenvalue weighted by atomic mass is 9.96. The second-order valence-electron chi connectivity index (χ2n) is 6.56. The van der Waals surface area contributed by atoms with Crippen molar-refractivity contribution in [2.45, 2.75) is 44.8 Å². The molecule has 0 aromatic heterocycles. The molecule has 0 spiro atoms. The van der Waals surface area contributed by atoms with Crippen LogP contribution in [0.5, 0.6) is 0 Å². The molecule has 0 radical (unpaired) electrons. The molecule has 1 aliphatic rings. The van der Waals surface area contributed by atoms with Crippen LogP contribution in [0.2, 0.25) is 0 Å². The van der Waals surface area contributed by atoms with E-state index >= 15 is 0 Å². The second-order valence-corrected chi connectivity index (χ2v) is 6.56. The highest BCUT2D eigenvalue weighted by Crippen LogP contribution is 2.31. The summed E-state index contributed by atoms with van der Waals surface area (Å²) in [5, 5.41) is 0. The molecule has 2 aromatic rings. The number of rotatable bonds is 6. The maximum atomic E-state index is 12.9. The average molecular weight is 346 g/mol. The zero-order valence-electron chi connectivity index (χ0n) is 14.5. The van der Waals surface area contributed by atoms with Crippen molar-refractivity contribution in [3.05, 3.63) is 59.7 Å². The number of aryl methyl sites for hydroxylation is 1. The number of benzene rings is 2. The van der Waals surface area contributed by atoms with E-state index in [0.717, 1.165) is 23.1 Å². The Hall–Kier alpha value is -1.78. The summed E-state index contributed by atoms with van der Waals surface area (Å²) in [4.78, 5) is 0. The molecule has 0 unspecified atom stereocenters. The van der Waals surface area contributed by atoms with Crippen LogP contribution in [0.4, 0.5) is 8.78 Å². The van der Waals surface area contributed by atoms with Crippen LogP contribution in [-0.2, 0) is 15.9 Å². The molecule has 1 heterocycles. The van der Waals surface area contributed by atoms with Gasteiger partial charge in [-0.3, -0.25) is 9.47 Å². The molecule has 0 atom stereocenters. The molecule has 1 saturated heterocycles. The standard InChI is InChI=1S/C21H24F2O2/c1-2-3-4-5-16-6-8-17(9-7-16)18-10-12-19(13-11-18)20-14-24-21(22,23)25-15-20/h6-13,20H,2-5,14-15H2,1H3. The van der Waals surface area contributed by atoms with Crippen LogP contribution in [0.25, 0.3) is 11.1 Å². The van der Waals surface area contributed by atoms with Crippen LogP contribution in [0.1, 0.15) is 43.2 Å². The molecule has 1 fully saturated rings. The zero-order valence-corrected chi connectivity index (χ0v) is 14.5. The van der Waals surface area contributed by atoms with Gasteiger partial charge in [0, 0.05) is 5.92 Å². The molecule has 0 aliphatic carbocycles. The third-order valence-corrected chi connectivity index (χ3v) is 4.64. The minimum Gasteiger partial charge on any atom is -0.295 e. The average Bonchev–Trinajstić information content (AvgIpc) is 2.63. The van der Waals surface area contributed by atoms with E-state index < -0.39 is 6.29 Å². The predicted octanol–water partition coefficient (Wildman–Crippen LogP) is 5.77. The first-order chi connectivity index (χ1) is 12.1. The summed E-state index contributed by atoms with van der Waals surface area (Å²) in [7, 11) is 0. The highest BCUT2D eigenvalue weighted by Gasteiger charge is 2.38. The maximum absolute atomic E-state index is 12.9. The predicted molar refractivity (Wildman–Crippen MR) is 94.7 cm³/mol. The third-order valence-electron chi connectivity index (χ3n) is 4.64. The summed E-state index contributed by atoms with van der Waals surface area (Å²) in [6.07, 6.45) is 1.41. The van der Waals surface area contributed by atoms with E-state index in [0.29, 0.717) is 0 Å². The van der Waals surface area contributed by atoms with Gasteiger partial charge >= 0.3 is 6.29 Å². The Bertz CT molecular complexity index is 655. The van der Waals surface area contributed by atoms with Crippen molar-refractivity contribution < 1.29 is 18.3 Å². The second kappa shape index (κ2) is 8.07. The number of unbranched alkanes of at least 4 members (excludes halogenated alkanes) is 2. The van der Waals surface area contributed by atoms with Gasteiger partial charge in [-0.15, -0.1) is 8.78 Å². The summed E-state index contributed by atoms with van der Waals surface area (Å²) in [6, 6.07) is 16.6. The molecular weight excluding hydrogens is 322 g/mol.